The van der Waals surface area contributed by atoms with Crippen LogP contribution in [0.5, 0.6) is 0 Å². The maximum Gasteiger partial charge on any atom is 0.340 e. The Morgan fingerprint density at radius 1 is 1.19 bits per heavy atom. The second kappa shape index (κ2) is 10.5. The van der Waals surface area contributed by atoms with Crippen LogP contribution < -0.4 is 10.2 Å². The van der Waals surface area contributed by atoms with Crippen LogP contribution in [0.1, 0.15) is 22.8 Å². The highest BCUT2D eigenvalue weighted by Gasteiger charge is 2.20. The van der Waals surface area contributed by atoms with Crippen molar-refractivity contribution in [3.63, 3.8) is 0 Å². The van der Waals surface area contributed by atoms with E-state index in [1.807, 2.05) is 37.3 Å². The van der Waals surface area contributed by atoms with Crippen molar-refractivity contribution in [2.75, 3.05) is 43.1 Å². The zero-order valence-corrected chi connectivity index (χ0v) is 17.6. The van der Waals surface area contributed by atoms with Gasteiger partial charge in [0.2, 0.25) is 0 Å². The molecule has 3 rings (SSSR count). The first kappa shape index (κ1) is 21.5. The van der Waals surface area contributed by atoms with Gasteiger partial charge in [0.15, 0.2) is 0 Å². The number of anilines is 2. The highest BCUT2D eigenvalue weighted by molar-refractivity contribution is 9.10. The Kier molecular flexibility index (Phi) is 8.41. The van der Waals surface area contributed by atoms with Gasteiger partial charge < -0.3 is 19.7 Å². The first-order valence-corrected chi connectivity index (χ1v) is 9.59. The van der Waals surface area contributed by atoms with E-state index >= 15 is 0 Å². The van der Waals surface area contributed by atoms with E-state index in [4.69, 9.17) is 9.47 Å². The summed E-state index contributed by atoms with van der Waals surface area (Å²) in [7, 11) is 0. The van der Waals surface area contributed by atoms with Gasteiger partial charge in [-0.15, -0.1) is 12.4 Å². The van der Waals surface area contributed by atoms with Crippen molar-refractivity contribution in [1.29, 1.82) is 0 Å². The third-order valence-corrected chi connectivity index (χ3v) is 4.78. The predicted molar refractivity (Wildman–Crippen MR) is 114 cm³/mol. The molecular formula is C20H24BrClN2O3. The van der Waals surface area contributed by atoms with E-state index in [9.17, 15) is 4.79 Å². The molecule has 0 amide bonds. The Bertz CT molecular complexity index is 749. The first-order chi connectivity index (χ1) is 12.7. The Hall–Kier alpha value is -1.76. The van der Waals surface area contributed by atoms with Gasteiger partial charge >= 0.3 is 5.97 Å². The number of hydrogen-bond donors (Lipinski definition) is 1. The Morgan fingerprint density at radius 2 is 1.89 bits per heavy atom. The molecule has 0 saturated carbocycles. The van der Waals surface area contributed by atoms with Crippen LogP contribution >= 0.6 is 28.3 Å². The second-order valence-electron chi connectivity index (χ2n) is 6.03. The average molecular weight is 456 g/mol. The molecule has 7 heteroatoms. The molecule has 0 atom stereocenters. The van der Waals surface area contributed by atoms with Gasteiger partial charge in [-0.1, -0.05) is 28.1 Å². The molecule has 146 valence electrons. The Morgan fingerprint density at radius 3 is 2.56 bits per heavy atom. The first-order valence-electron chi connectivity index (χ1n) is 8.79. The zero-order chi connectivity index (χ0) is 18.4. The van der Waals surface area contributed by atoms with Gasteiger partial charge in [0, 0.05) is 29.8 Å². The molecular weight excluding hydrogens is 432 g/mol. The van der Waals surface area contributed by atoms with Crippen LogP contribution in [0.2, 0.25) is 0 Å². The summed E-state index contributed by atoms with van der Waals surface area (Å²) in [6, 6.07) is 14.0. The summed E-state index contributed by atoms with van der Waals surface area (Å²) < 4.78 is 11.7. The van der Waals surface area contributed by atoms with Gasteiger partial charge in [-0.3, -0.25) is 0 Å². The fourth-order valence-electron chi connectivity index (χ4n) is 2.90. The number of halogens is 2. The second-order valence-corrected chi connectivity index (χ2v) is 6.95. The standard InChI is InChI=1S/C20H23BrN2O3.ClH/c1-2-26-20(24)18-13-17(22-14-15-3-5-16(21)6-4-15)7-8-19(18)23-9-11-25-12-10-23;/h3-8,13,22H,2,9-12,14H2,1H3;1H. The van der Waals surface area contributed by atoms with E-state index in [1.54, 1.807) is 0 Å². The van der Waals surface area contributed by atoms with Crippen LogP contribution in [0.4, 0.5) is 11.4 Å². The minimum absolute atomic E-state index is 0. The number of morpholine rings is 1. The van der Waals surface area contributed by atoms with E-state index in [0.717, 1.165) is 28.9 Å². The number of esters is 1. The highest BCUT2D eigenvalue weighted by Crippen LogP contribution is 2.26. The molecule has 1 saturated heterocycles. The lowest BCUT2D eigenvalue weighted by Crippen LogP contribution is -2.37. The quantitative estimate of drug-likeness (QED) is 0.650. The molecule has 1 N–H and O–H groups in total. The Labute approximate surface area is 174 Å². The number of nitrogens with zero attached hydrogens (tertiary/aromatic N) is 1. The van der Waals surface area contributed by atoms with E-state index < -0.39 is 0 Å². The molecule has 5 nitrogen and oxygen atoms in total. The topological polar surface area (TPSA) is 50.8 Å². The molecule has 1 fully saturated rings. The summed E-state index contributed by atoms with van der Waals surface area (Å²) in [6.07, 6.45) is 0. The molecule has 2 aromatic rings. The fraction of sp³-hybridized carbons (Fsp3) is 0.350. The largest absolute Gasteiger partial charge is 0.462 e. The van der Waals surface area contributed by atoms with Crippen LogP contribution in [-0.4, -0.2) is 38.9 Å². The predicted octanol–water partition coefficient (Wildman–Crippen LogP) is 4.50. The molecule has 27 heavy (non-hydrogen) atoms. The highest BCUT2D eigenvalue weighted by atomic mass is 79.9. The number of carbonyl (C=O) groups is 1. The Balaban J connectivity index is 0.00000261. The van der Waals surface area contributed by atoms with Crippen LogP contribution in [-0.2, 0) is 16.0 Å². The van der Waals surface area contributed by atoms with E-state index in [1.165, 1.54) is 5.56 Å². The minimum Gasteiger partial charge on any atom is -0.462 e. The van der Waals surface area contributed by atoms with Crippen molar-refractivity contribution in [3.8, 4) is 0 Å². The van der Waals surface area contributed by atoms with Gasteiger partial charge in [-0.25, -0.2) is 4.79 Å². The number of rotatable bonds is 6. The monoisotopic (exact) mass is 454 g/mol. The molecule has 0 spiro atoms. The summed E-state index contributed by atoms with van der Waals surface area (Å²) in [6.45, 7) is 5.76. The van der Waals surface area contributed by atoms with Crippen LogP contribution in [0, 0.1) is 0 Å². The van der Waals surface area contributed by atoms with Crippen molar-refractivity contribution in [1.82, 2.24) is 0 Å². The van der Waals surface area contributed by atoms with Crippen LogP contribution in [0.25, 0.3) is 0 Å². The third kappa shape index (κ3) is 5.86. The number of benzene rings is 2. The summed E-state index contributed by atoms with van der Waals surface area (Å²) >= 11 is 3.44. The lowest BCUT2D eigenvalue weighted by molar-refractivity contribution is 0.0526. The van der Waals surface area contributed by atoms with Gasteiger partial charge in [0.1, 0.15) is 0 Å². The summed E-state index contributed by atoms with van der Waals surface area (Å²) in [5.74, 6) is -0.290. The van der Waals surface area contributed by atoms with Crippen molar-refractivity contribution in [2.24, 2.45) is 0 Å². The van der Waals surface area contributed by atoms with Gasteiger partial charge in [-0.05, 0) is 42.8 Å². The molecule has 0 unspecified atom stereocenters. The lowest BCUT2D eigenvalue weighted by Gasteiger charge is -2.30. The molecule has 0 radical (unpaired) electrons. The van der Waals surface area contributed by atoms with Gasteiger partial charge in [0.25, 0.3) is 0 Å². The third-order valence-electron chi connectivity index (χ3n) is 4.25. The van der Waals surface area contributed by atoms with E-state index in [0.29, 0.717) is 31.9 Å². The smallest absolute Gasteiger partial charge is 0.340 e. The number of hydrogen-bond acceptors (Lipinski definition) is 5. The molecule has 0 aliphatic carbocycles. The lowest BCUT2D eigenvalue weighted by atomic mass is 10.1. The van der Waals surface area contributed by atoms with Gasteiger partial charge in [0.05, 0.1) is 31.1 Å². The van der Waals surface area contributed by atoms with E-state index in [-0.39, 0.29) is 18.4 Å². The fourth-order valence-corrected chi connectivity index (χ4v) is 3.17. The molecule has 0 bridgehead atoms. The zero-order valence-electron chi connectivity index (χ0n) is 15.2. The minimum atomic E-state index is -0.290. The molecule has 1 aliphatic heterocycles. The summed E-state index contributed by atoms with van der Waals surface area (Å²) in [5, 5.41) is 3.38. The van der Waals surface area contributed by atoms with E-state index in [2.05, 4.69) is 38.3 Å². The molecule has 1 heterocycles. The number of carbonyl (C=O) groups excluding carboxylic acids is 1. The summed E-state index contributed by atoms with van der Waals surface area (Å²) in [5.41, 5.74) is 3.56. The number of ether oxygens (including phenoxy) is 2. The maximum atomic E-state index is 12.5. The van der Waals surface area contributed by atoms with Gasteiger partial charge in [-0.2, -0.15) is 0 Å². The van der Waals surface area contributed by atoms with Crippen molar-refractivity contribution in [2.45, 2.75) is 13.5 Å². The van der Waals surface area contributed by atoms with Crippen molar-refractivity contribution in [3.05, 3.63) is 58.1 Å². The van der Waals surface area contributed by atoms with Crippen molar-refractivity contribution < 1.29 is 14.3 Å². The summed E-state index contributed by atoms with van der Waals surface area (Å²) in [4.78, 5) is 14.6. The average Bonchev–Trinajstić information content (AvgIpc) is 2.68. The normalized spacial score (nSPS) is 13.6. The number of nitrogens with one attached hydrogen (secondary N) is 1. The molecule has 1 aliphatic rings. The SMILES string of the molecule is CCOC(=O)c1cc(NCc2ccc(Br)cc2)ccc1N1CCOCC1.Cl. The molecule has 2 aromatic carbocycles. The van der Waals surface area contributed by atoms with Crippen molar-refractivity contribution >= 4 is 45.7 Å². The van der Waals surface area contributed by atoms with Crippen LogP contribution in [0.15, 0.2) is 46.9 Å². The van der Waals surface area contributed by atoms with Crippen LogP contribution in [0.3, 0.4) is 0 Å². The molecule has 0 aromatic heterocycles. The maximum absolute atomic E-state index is 12.5.